The Labute approximate surface area is 233 Å². The lowest BCUT2D eigenvalue weighted by Gasteiger charge is -2.39. The first-order chi connectivity index (χ1) is 19.2. The molecular formula is C29H35N5O6. The Balaban J connectivity index is 1.30. The Hall–Kier alpha value is -4.12. The van der Waals surface area contributed by atoms with E-state index in [1.807, 2.05) is 39.0 Å². The number of benzene rings is 1. The molecule has 0 radical (unpaired) electrons. The zero-order valence-corrected chi connectivity index (χ0v) is 23.2. The average molecular weight is 550 g/mol. The van der Waals surface area contributed by atoms with Gasteiger partial charge < -0.3 is 29.6 Å². The molecule has 0 saturated carbocycles. The number of likely N-dealkylation sites (tertiary alicyclic amines) is 1. The molecule has 212 valence electrons. The summed E-state index contributed by atoms with van der Waals surface area (Å²) < 4.78 is 22.2. The van der Waals surface area contributed by atoms with Gasteiger partial charge in [-0.1, -0.05) is 6.07 Å². The predicted octanol–water partition coefficient (Wildman–Crippen LogP) is 3.91. The molecule has 3 aromatic rings. The van der Waals surface area contributed by atoms with Crippen LogP contribution < -0.4 is 24.8 Å². The van der Waals surface area contributed by atoms with E-state index in [-0.39, 0.29) is 11.9 Å². The van der Waals surface area contributed by atoms with Gasteiger partial charge in [-0.25, -0.2) is 9.78 Å². The van der Waals surface area contributed by atoms with Crippen molar-refractivity contribution in [3.8, 4) is 17.4 Å². The Bertz CT molecular complexity index is 1390. The Morgan fingerprint density at radius 3 is 2.65 bits per heavy atom. The van der Waals surface area contributed by atoms with E-state index in [0.29, 0.717) is 61.7 Å². The predicted molar refractivity (Wildman–Crippen MR) is 149 cm³/mol. The molecule has 2 N–H and O–H groups in total. The highest BCUT2D eigenvalue weighted by molar-refractivity contribution is 6.02. The van der Waals surface area contributed by atoms with E-state index in [4.69, 9.17) is 18.9 Å². The maximum Gasteiger partial charge on any atom is 0.411 e. The summed E-state index contributed by atoms with van der Waals surface area (Å²) in [7, 11) is 1.53. The van der Waals surface area contributed by atoms with Crippen molar-refractivity contribution in [1.82, 2.24) is 20.2 Å². The number of amides is 2. The van der Waals surface area contributed by atoms with Crippen LogP contribution in [0.1, 0.15) is 39.2 Å². The van der Waals surface area contributed by atoms with E-state index in [2.05, 4.69) is 20.6 Å². The zero-order valence-electron chi connectivity index (χ0n) is 23.2. The molecule has 2 aliphatic rings. The fourth-order valence-corrected chi connectivity index (χ4v) is 4.83. The molecule has 1 fully saturated rings. The van der Waals surface area contributed by atoms with Crippen LogP contribution in [0.2, 0.25) is 0 Å². The minimum atomic E-state index is -0.712. The summed E-state index contributed by atoms with van der Waals surface area (Å²) >= 11 is 0. The lowest BCUT2D eigenvalue weighted by Crippen LogP contribution is -2.57. The zero-order chi connectivity index (χ0) is 28.3. The number of methoxy groups -OCH3 is 1. The topological polar surface area (TPSA) is 124 Å². The van der Waals surface area contributed by atoms with E-state index >= 15 is 0 Å². The molecule has 2 aliphatic heterocycles. The van der Waals surface area contributed by atoms with E-state index in [1.165, 1.54) is 12.0 Å². The smallest absolute Gasteiger partial charge is 0.411 e. The van der Waals surface area contributed by atoms with Gasteiger partial charge in [-0.2, -0.15) is 0 Å². The third-order valence-corrected chi connectivity index (χ3v) is 6.74. The molecule has 1 saturated heterocycles. The molecule has 2 aromatic heterocycles. The van der Waals surface area contributed by atoms with Crippen LogP contribution in [0.25, 0.3) is 11.0 Å². The van der Waals surface area contributed by atoms with Crippen LogP contribution in [-0.2, 0) is 16.1 Å². The number of nitrogens with zero attached hydrogens (tertiary/aromatic N) is 3. The monoisotopic (exact) mass is 549 g/mol. The molecular weight excluding hydrogens is 514 g/mol. The average Bonchev–Trinajstić information content (AvgIpc) is 2.94. The van der Waals surface area contributed by atoms with Crippen LogP contribution in [0.15, 0.2) is 42.6 Å². The maximum absolute atomic E-state index is 13.6. The highest BCUT2D eigenvalue weighted by atomic mass is 16.6. The number of rotatable bonds is 6. The van der Waals surface area contributed by atoms with E-state index in [0.717, 1.165) is 17.1 Å². The van der Waals surface area contributed by atoms with Crippen molar-refractivity contribution in [1.29, 1.82) is 0 Å². The van der Waals surface area contributed by atoms with Gasteiger partial charge in [-0.05, 0) is 63.4 Å². The third kappa shape index (κ3) is 6.36. The highest BCUT2D eigenvalue weighted by Crippen LogP contribution is 2.31. The van der Waals surface area contributed by atoms with E-state index < -0.39 is 17.7 Å². The van der Waals surface area contributed by atoms with Gasteiger partial charge in [0.15, 0.2) is 11.5 Å². The summed E-state index contributed by atoms with van der Waals surface area (Å²) in [6.07, 6.45) is 2.24. The lowest BCUT2D eigenvalue weighted by molar-refractivity contribution is -0.122. The SMILES string of the molecule is COc1ccc2nccc(NC(=O)[C@@H]3CC[C@H](NCc4ccc5c(c4)OCCO5)CN3C(=O)OC(C)(C)C)c2n1. The molecule has 0 aliphatic carbocycles. The number of ether oxygens (including phenoxy) is 4. The standard InChI is InChI=1S/C29H35N5O6/c1-29(2,3)40-28(36)34-17-19(31-16-18-5-9-23-24(15-18)39-14-13-38-23)6-8-22(34)27(35)32-21-11-12-30-20-7-10-25(37-4)33-26(20)21/h5,7,9-12,15,19,22,31H,6,8,13-14,16-17H2,1-4H3,(H,30,32,35)/t19-,22-/m0/s1. The molecule has 0 bridgehead atoms. The van der Waals surface area contributed by atoms with Crippen molar-refractivity contribution < 1.29 is 28.5 Å². The molecule has 40 heavy (non-hydrogen) atoms. The second-order valence-corrected chi connectivity index (χ2v) is 10.9. The van der Waals surface area contributed by atoms with Crippen molar-refractivity contribution in [3.63, 3.8) is 0 Å². The lowest BCUT2D eigenvalue weighted by atomic mass is 9.97. The Morgan fingerprint density at radius 1 is 1.07 bits per heavy atom. The summed E-state index contributed by atoms with van der Waals surface area (Å²) in [5.41, 5.74) is 1.96. The van der Waals surface area contributed by atoms with Gasteiger partial charge in [-0.3, -0.25) is 14.7 Å². The number of aromatic nitrogens is 2. The summed E-state index contributed by atoms with van der Waals surface area (Å²) in [6.45, 7) is 7.40. The molecule has 0 unspecified atom stereocenters. The van der Waals surface area contributed by atoms with Gasteiger partial charge in [0.05, 0.1) is 18.3 Å². The molecule has 2 amide bonds. The van der Waals surface area contributed by atoms with Gasteiger partial charge in [0.1, 0.15) is 30.4 Å². The number of piperidine rings is 1. The van der Waals surface area contributed by atoms with Crippen LogP contribution in [0, 0.1) is 0 Å². The fourth-order valence-electron chi connectivity index (χ4n) is 4.83. The van der Waals surface area contributed by atoms with Crippen LogP contribution in [0.4, 0.5) is 10.5 Å². The number of fused-ring (bicyclic) bond motifs is 2. The number of pyridine rings is 2. The van der Waals surface area contributed by atoms with Crippen molar-refractivity contribution in [2.75, 3.05) is 32.2 Å². The van der Waals surface area contributed by atoms with Crippen molar-refractivity contribution in [2.24, 2.45) is 0 Å². The maximum atomic E-state index is 13.6. The van der Waals surface area contributed by atoms with E-state index in [1.54, 1.807) is 24.4 Å². The van der Waals surface area contributed by atoms with Crippen LogP contribution in [-0.4, -0.2) is 71.4 Å². The highest BCUT2D eigenvalue weighted by Gasteiger charge is 2.38. The summed E-state index contributed by atoms with van der Waals surface area (Å²) in [5, 5.41) is 6.49. The molecule has 0 spiro atoms. The first-order valence-electron chi connectivity index (χ1n) is 13.4. The number of carbonyl (C=O) groups excluding carboxylic acids is 2. The van der Waals surface area contributed by atoms with Gasteiger partial charge in [-0.15, -0.1) is 0 Å². The third-order valence-electron chi connectivity index (χ3n) is 6.74. The number of carbonyl (C=O) groups is 2. The van der Waals surface area contributed by atoms with Gasteiger partial charge in [0.2, 0.25) is 11.8 Å². The molecule has 1 aromatic carbocycles. The second-order valence-electron chi connectivity index (χ2n) is 10.9. The molecule has 11 heteroatoms. The molecule has 2 atom stereocenters. The Morgan fingerprint density at radius 2 is 1.88 bits per heavy atom. The number of hydrogen-bond acceptors (Lipinski definition) is 9. The first-order valence-corrected chi connectivity index (χ1v) is 13.4. The minimum Gasteiger partial charge on any atom is -0.486 e. The number of nitrogens with one attached hydrogen (secondary N) is 2. The normalized spacial score (nSPS) is 18.8. The number of hydrogen-bond donors (Lipinski definition) is 2. The molecule has 11 nitrogen and oxygen atoms in total. The van der Waals surface area contributed by atoms with Crippen LogP contribution in [0.5, 0.6) is 17.4 Å². The second kappa shape index (κ2) is 11.5. The first kappa shape index (κ1) is 27.4. The Kier molecular flexibility index (Phi) is 7.92. The van der Waals surface area contributed by atoms with Crippen molar-refractivity contribution in [3.05, 3.63) is 48.2 Å². The fraction of sp³-hybridized carbons (Fsp3) is 0.448. The van der Waals surface area contributed by atoms with Crippen molar-refractivity contribution >= 4 is 28.7 Å². The van der Waals surface area contributed by atoms with Crippen LogP contribution >= 0.6 is 0 Å². The van der Waals surface area contributed by atoms with Crippen LogP contribution in [0.3, 0.4) is 0 Å². The molecule has 5 rings (SSSR count). The van der Waals surface area contributed by atoms with Gasteiger partial charge >= 0.3 is 6.09 Å². The quantitative estimate of drug-likeness (QED) is 0.471. The van der Waals surface area contributed by atoms with E-state index in [9.17, 15) is 9.59 Å². The van der Waals surface area contributed by atoms with Gasteiger partial charge in [0, 0.05) is 31.4 Å². The summed E-state index contributed by atoms with van der Waals surface area (Å²) in [6, 6.07) is 10.3. The minimum absolute atomic E-state index is 0.0301. The largest absolute Gasteiger partial charge is 0.486 e. The van der Waals surface area contributed by atoms with Crippen molar-refractivity contribution in [2.45, 2.75) is 57.8 Å². The number of anilines is 1. The molecule has 4 heterocycles. The van der Waals surface area contributed by atoms with Gasteiger partial charge in [0.25, 0.3) is 0 Å². The summed E-state index contributed by atoms with van der Waals surface area (Å²) in [5.74, 6) is 1.58. The summed E-state index contributed by atoms with van der Waals surface area (Å²) in [4.78, 5) is 37.2.